The van der Waals surface area contributed by atoms with Gasteiger partial charge in [-0.1, -0.05) is 0 Å². The molecule has 7 nitrogen and oxygen atoms in total. The van der Waals surface area contributed by atoms with Crippen molar-refractivity contribution >= 4 is 27.3 Å². The molecule has 0 radical (unpaired) electrons. The zero-order chi connectivity index (χ0) is 16.4. The molecule has 0 saturated carbocycles. The van der Waals surface area contributed by atoms with E-state index in [0.29, 0.717) is 18.7 Å². The van der Waals surface area contributed by atoms with Crippen LogP contribution in [0.25, 0.3) is 0 Å². The Bertz CT molecular complexity index is 867. The lowest BCUT2D eigenvalue weighted by Crippen LogP contribution is -2.23. The van der Waals surface area contributed by atoms with E-state index in [1.165, 1.54) is 30.5 Å². The van der Waals surface area contributed by atoms with Crippen molar-refractivity contribution in [2.24, 2.45) is 0 Å². The summed E-state index contributed by atoms with van der Waals surface area (Å²) >= 11 is 0. The Morgan fingerprint density at radius 3 is 2.35 bits per heavy atom. The van der Waals surface area contributed by atoms with Crippen LogP contribution >= 0.6 is 0 Å². The van der Waals surface area contributed by atoms with E-state index in [9.17, 15) is 18.0 Å². The van der Waals surface area contributed by atoms with Crippen LogP contribution in [0.5, 0.6) is 0 Å². The third-order valence-electron chi connectivity index (χ3n) is 3.57. The number of nitrogens with one attached hydrogen (secondary N) is 2. The maximum atomic E-state index is 12.3. The predicted octanol–water partition coefficient (Wildman–Crippen LogP) is 1.30. The topological polar surface area (TPSA) is 99.3 Å². The summed E-state index contributed by atoms with van der Waals surface area (Å²) in [7, 11) is -3.76. The predicted molar refractivity (Wildman–Crippen MR) is 85.9 cm³/mol. The molecule has 8 heteroatoms. The zero-order valence-corrected chi connectivity index (χ0v) is 13.0. The number of amides is 1. The van der Waals surface area contributed by atoms with Gasteiger partial charge < -0.3 is 9.88 Å². The summed E-state index contributed by atoms with van der Waals surface area (Å²) in [6.07, 6.45) is 2.62. The molecule has 1 aromatic carbocycles. The maximum absolute atomic E-state index is 12.3. The van der Waals surface area contributed by atoms with Crippen molar-refractivity contribution in [2.75, 3.05) is 16.2 Å². The number of anilines is 2. The van der Waals surface area contributed by atoms with Crippen LogP contribution in [0.1, 0.15) is 12.8 Å². The van der Waals surface area contributed by atoms with Crippen LogP contribution < -0.4 is 15.2 Å². The van der Waals surface area contributed by atoms with E-state index in [2.05, 4.69) is 9.71 Å². The summed E-state index contributed by atoms with van der Waals surface area (Å²) in [5, 5.41) is 0. The van der Waals surface area contributed by atoms with Gasteiger partial charge in [0.1, 0.15) is 0 Å². The van der Waals surface area contributed by atoms with Gasteiger partial charge >= 0.3 is 0 Å². The second-order valence-corrected chi connectivity index (χ2v) is 6.87. The fourth-order valence-electron chi connectivity index (χ4n) is 2.41. The highest BCUT2D eigenvalue weighted by atomic mass is 32.2. The minimum atomic E-state index is -3.76. The Balaban J connectivity index is 1.81. The highest BCUT2D eigenvalue weighted by molar-refractivity contribution is 7.92. The lowest BCUT2D eigenvalue weighted by atomic mass is 10.3. The normalized spacial score (nSPS) is 15.0. The highest BCUT2D eigenvalue weighted by Gasteiger charge is 2.22. The first kappa shape index (κ1) is 15.3. The Hall–Kier alpha value is -2.61. The smallest absolute Gasteiger partial charge is 0.261 e. The van der Waals surface area contributed by atoms with Gasteiger partial charge in [0.15, 0.2) is 0 Å². The van der Waals surface area contributed by atoms with E-state index < -0.39 is 10.0 Å². The third-order valence-corrected chi connectivity index (χ3v) is 4.97. The van der Waals surface area contributed by atoms with Gasteiger partial charge in [0, 0.05) is 30.9 Å². The van der Waals surface area contributed by atoms with E-state index in [-0.39, 0.29) is 22.0 Å². The quantitative estimate of drug-likeness (QED) is 0.881. The lowest BCUT2D eigenvalue weighted by molar-refractivity contribution is -0.117. The summed E-state index contributed by atoms with van der Waals surface area (Å²) in [5.41, 5.74) is 0.645. The molecule has 0 unspecified atom stereocenters. The van der Waals surface area contributed by atoms with E-state index in [1.54, 1.807) is 17.0 Å². The van der Waals surface area contributed by atoms with Gasteiger partial charge in [-0.15, -0.1) is 0 Å². The van der Waals surface area contributed by atoms with Gasteiger partial charge in [-0.3, -0.25) is 14.3 Å². The largest absolute Gasteiger partial charge is 0.327 e. The van der Waals surface area contributed by atoms with Crippen LogP contribution in [0, 0.1) is 0 Å². The summed E-state index contributed by atoms with van der Waals surface area (Å²) in [4.78, 5) is 26.8. The van der Waals surface area contributed by atoms with Crippen LogP contribution in [0.4, 0.5) is 11.4 Å². The minimum Gasteiger partial charge on any atom is -0.327 e. The van der Waals surface area contributed by atoms with Crippen molar-refractivity contribution in [3.8, 4) is 0 Å². The maximum Gasteiger partial charge on any atom is 0.261 e. The summed E-state index contributed by atoms with van der Waals surface area (Å²) in [6.45, 7) is 0.653. The fraction of sp³-hybridized carbons (Fsp3) is 0.200. The molecule has 1 fully saturated rings. The lowest BCUT2D eigenvalue weighted by Gasteiger charge is -2.16. The van der Waals surface area contributed by atoms with E-state index >= 15 is 0 Å². The van der Waals surface area contributed by atoms with Crippen LogP contribution in [-0.4, -0.2) is 25.9 Å². The molecular weight excluding hydrogens is 318 g/mol. The minimum absolute atomic E-state index is 0.0481. The number of hydrogen-bond acceptors (Lipinski definition) is 4. The Morgan fingerprint density at radius 2 is 1.78 bits per heavy atom. The molecule has 2 heterocycles. The number of nitrogens with zero attached hydrogens (tertiary/aromatic N) is 1. The molecule has 1 aliphatic heterocycles. The summed E-state index contributed by atoms with van der Waals surface area (Å²) in [5.74, 6) is 0.0481. The average molecular weight is 333 g/mol. The fourth-order valence-corrected chi connectivity index (χ4v) is 3.46. The number of benzene rings is 1. The van der Waals surface area contributed by atoms with Crippen molar-refractivity contribution in [1.29, 1.82) is 0 Å². The van der Waals surface area contributed by atoms with Crippen molar-refractivity contribution in [3.63, 3.8) is 0 Å². The van der Waals surface area contributed by atoms with Gasteiger partial charge in [0.2, 0.25) is 11.5 Å². The van der Waals surface area contributed by atoms with Crippen molar-refractivity contribution in [1.82, 2.24) is 4.98 Å². The number of aromatic amines is 1. The molecule has 0 aliphatic carbocycles. The zero-order valence-electron chi connectivity index (χ0n) is 12.2. The van der Waals surface area contributed by atoms with Gasteiger partial charge in [-0.05, 0) is 36.8 Å². The van der Waals surface area contributed by atoms with Crippen LogP contribution in [-0.2, 0) is 14.8 Å². The molecule has 1 aromatic heterocycles. The number of rotatable bonds is 4. The standard InChI is InChI=1S/C15H15N3O4S/c19-14-8-3-11(10-16-14)17-23(21,22)13-6-4-12(5-7-13)18-9-1-2-15(18)20/h3-8,10,17H,1-2,9H2,(H,16,19). The number of pyridine rings is 1. The number of carbonyl (C=O) groups excluding carboxylic acids is 1. The number of sulfonamides is 1. The Labute approximate surface area is 133 Å². The van der Waals surface area contributed by atoms with Crippen molar-refractivity contribution in [3.05, 3.63) is 52.9 Å². The molecule has 0 bridgehead atoms. The summed E-state index contributed by atoms with van der Waals surface area (Å²) in [6, 6.07) is 8.76. The van der Waals surface area contributed by atoms with E-state index in [1.807, 2.05) is 0 Å². The molecule has 23 heavy (non-hydrogen) atoms. The Morgan fingerprint density at radius 1 is 1.04 bits per heavy atom. The number of carbonyl (C=O) groups is 1. The molecule has 2 N–H and O–H groups in total. The molecular formula is C15H15N3O4S. The van der Waals surface area contributed by atoms with E-state index in [0.717, 1.165) is 6.42 Å². The van der Waals surface area contributed by atoms with Gasteiger partial charge in [0.05, 0.1) is 10.6 Å². The highest BCUT2D eigenvalue weighted by Crippen LogP contribution is 2.23. The Kier molecular flexibility index (Phi) is 3.91. The first-order chi connectivity index (χ1) is 11.0. The summed E-state index contributed by atoms with van der Waals surface area (Å²) < 4.78 is 27.0. The van der Waals surface area contributed by atoms with Gasteiger partial charge in [-0.2, -0.15) is 0 Å². The monoisotopic (exact) mass is 333 g/mol. The van der Waals surface area contributed by atoms with Crippen LogP contribution in [0.2, 0.25) is 0 Å². The first-order valence-electron chi connectivity index (χ1n) is 7.08. The van der Waals surface area contributed by atoms with E-state index in [4.69, 9.17) is 0 Å². The van der Waals surface area contributed by atoms with Gasteiger partial charge in [-0.25, -0.2) is 8.42 Å². The molecule has 120 valence electrons. The molecule has 0 atom stereocenters. The molecule has 2 aromatic rings. The molecule has 1 aliphatic rings. The second kappa shape index (κ2) is 5.88. The van der Waals surface area contributed by atoms with Crippen LogP contribution in [0.15, 0.2) is 52.3 Å². The molecule has 0 spiro atoms. The number of H-pyrrole nitrogens is 1. The first-order valence-corrected chi connectivity index (χ1v) is 8.56. The van der Waals surface area contributed by atoms with Gasteiger partial charge in [0.25, 0.3) is 10.0 Å². The number of aromatic nitrogens is 1. The SMILES string of the molecule is O=C1CCCN1c1ccc(S(=O)(=O)Nc2ccc(=O)[nH]c2)cc1. The van der Waals surface area contributed by atoms with Crippen LogP contribution in [0.3, 0.4) is 0 Å². The third kappa shape index (κ3) is 3.26. The number of hydrogen-bond donors (Lipinski definition) is 2. The molecule has 3 rings (SSSR count). The van der Waals surface area contributed by atoms with Crippen molar-refractivity contribution in [2.45, 2.75) is 17.7 Å². The molecule has 1 amide bonds. The second-order valence-electron chi connectivity index (χ2n) is 5.19. The molecule has 1 saturated heterocycles. The average Bonchev–Trinajstić information content (AvgIpc) is 2.96. The van der Waals surface area contributed by atoms with Crippen molar-refractivity contribution < 1.29 is 13.2 Å².